The minimum absolute atomic E-state index is 0.0256. The molecule has 2 aliphatic rings. The second kappa shape index (κ2) is 6.08. The molecule has 24 heavy (non-hydrogen) atoms. The van der Waals surface area contributed by atoms with Gasteiger partial charge in [-0.15, -0.1) is 11.8 Å². The van der Waals surface area contributed by atoms with Gasteiger partial charge in [-0.05, 0) is 12.1 Å². The van der Waals surface area contributed by atoms with Crippen molar-refractivity contribution in [2.75, 3.05) is 12.4 Å². The number of carbonyl (C=O) groups is 3. The van der Waals surface area contributed by atoms with E-state index >= 15 is 0 Å². The van der Waals surface area contributed by atoms with Crippen LogP contribution in [0.2, 0.25) is 0 Å². The minimum Gasteiger partial charge on any atom is -0.510 e. The summed E-state index contributed by atoms with van der Waals surface area (Å²) in [5.41, 5.74) is -2.04. The number of aliphatic hydroxyl groups is 1. The van der Waals surface area contributed by atoms with Crippen LogP contribution in [0.3, 0.4) is 0 Å². The molecule has 0 bridgehead atoms. The number of fused-ring (bicyclic) bond motifs is 1. The molecule has 126 valence electrons. The average Bonchev–Trinajstić information content (AvgIpc) is 2.58. The van der Waals surface area contributed by atoms with Crippen LogP contribution in [0.5, 0.6) is 5.75 Å². The van der Waals surface area contributed by atoms with E-state index < -0.39 is 35.3 Å². The third-order valence-corrected chi connectivity index (χ3v) is 5.02. The number of hydrogen-bond donors (Lipinski definition) is 3. The molecular formula is C15H14N2O6S. The summed E-state index contributed by atoms with van der Waals surface area (Å²) < 4.78 is 5.26. The number of carboxylic acid groups (broad SMARTS) is 1. The van der Waals surface area contributed by atoms with Crippen molar-refractivity contribution in [2.24, 2.45) is 0 Å². The molecule has 0 spiro atoms. The Morgan fingerprint density at radius 2 is 2.08 bits per heavy atom. The van der Waals surface area contributed by atoms with Gasteiger partial charge in [-0.25, -0.2) is 4.79 Å². The fraction of sp³-hybridized carbons (Fsp3) is 0.267. The lowest BCUT2D eigenvalue weighted by Crippen LogP contribution is -2.82. The maximum absolute atomic E-state index is 12.2. The number of aliphatic carboxylic acids is 1. The van der Waals surface area contributed by atoms with Crippen LogP contribution in [-0.2, 0) is 14.4 Å². The Balaban J connectivity index is 1.70. The molecule has 1 fully saturated rings. The van der Waals surface area contributed by atoms with Crippen LogP contribution in [0.4, 0.5) is 0 Å². The summed E-state index contributed by atoms with van der Waals surface area (Å²) >= 11 is 1.07. The number of aliphatic hydroxyl groups excluding tert-OH is 1. The topological polar surface area (TPSA) is 116 Å². The van der Waals surface area contributed by atoms with Crippen molar-refractivity contribution in [3.05, 3.63) is 42.3 Å². The van der Waals surface area contributed by atoms with Crippen molar-refractivity contribution in [1.29, 1.82) is 0 Å². The molecule has 2 heterocycles. The van der Waals surface area contributed by atoms with Crippen LogP contribution in [-0.4, -0.2) is 56.2 Å². The van der Waals surface area contributed by atoms with Gasteiger partial charge in [0.2, 0.25) is 5.54 Å². The van der Waals surface area contributed by atoms with Crippen molar-refractivity contribution in [3.8, 4) is 5.75 Å². The van der Waals surface area contributed by atoms with E-state index in [1.54, 1.807) is 30.3 Å². The number of benzene rings is 1. The van der Waals surface area contributed by atoms with E-state index in [2.05, 4.69) is 5.32 Å². The first kappa shape index (κ1) is 16.2. The van der Waals surface area contributed by atoms with Crippen molar-refractivity contribution >= 4 is 29.5 Å². The maximum atomic E-state index is 12.2. The largest absolute Gasteiger partial charge is 0.510 e. The quantitative estimate of drug-likeness (QED) is 0.517. The lowest BCUT2D eigenvalue weighted by Gasteiger charge is -2.52. The molecule has 8 nitrogen and oxygen atoms in total. The van der Waals surface area contributed by atoms with Gasteiger partial charge >= 0.3 is 5.97 Å². The number of nitrogens with one attached hydrogen (secondary N) is 1. The number of para-hydroxylation sites is 1. The van der Waals surface area contributed by atoms with Gasteiger partial charge in [0, 0.05) is 6.20 Å². The number of hydrogen-bond acceptors (Lipinski definition) is 6. The zero-order valence-electron chi connectivity index (χ0n) is 12.3. The summed E-state index contributed by atoms with van der Waals surface area (Å²) in [5.74, 6) is -2.36. The van der Waals surface area contributed by atoms with E-state index in [0.29, 0.717) is 5.75 Å². The molecule has 2 amide bonds. The highest BCUT2D eigenvalue weighted by atomic mass is 32.2. The van der Waals surface area contributed by atoms with E-state index in [-0.39, 0.29) is 11.5 Å². The average molecular weight is 350 g/mol. The normalized spacial score (nSPS) is 25.2. The number of β-lactam (4-membered cyclic amide) rings is 1. The Morgan fingerprint density at radius 3 is 2.75 bits per heavy atom. The molecular weight excluding hydrogens is 336 g/mol. The van der Waals surface area contributed by atoms with Gasteiger partial charge in [0.1, 0.15) is 16.9 Å². The Hall–Kier alpha value is -2.68. The van der Waals surface area contributed by atoms with Crippen LogP contribution in [0.15, 0.2) is 42.3 Å². The third-order valence-electron chi connectivity index (χ3n) is 3.66. The number of amides is 2. The molecule has 0 aromatic heterocycles. The lowest BCUT2D eigenvalue weighted by molar-refractivity contribution is -0.170. The van der Waals surface area contributed by atoms with Crippen LogP contribution < -0.4 is 10.1 Å². The molecule has 1 aromatic carbocycles. The molecule has 3 N–H and O–H groups in total. The lowest BCUT2D eigenvalue weighted by atomic mass is 9.87. The molecule has 0 aliphatic carbocycles. The van der Waals surface area contributed by atoms with Gasteiger partial charge in [0.15, 0.2) is 6.61 Å². The minimum atomic E-state index is -2.04. The molecule has 2 atom stereocenters. The van der Waals surface area contributed by atoms with Crippen molar-refractivity contribution in [1.82, 2.24) is 10.2 Å². The number of rotatable bonds is 5. The summed E-state index contributed by atoms with van der Waals surface area (Å²) in [7, 11) is 0. The number of ether oxygens (including phenoxy) is 1. The molecule has 2 aliphatic heterocycles. The fourth-order valence-electron chi connectivity index (χ4n) is 2.54. The molecule has 9 heteroatoms. The smallest absolute Gasteiger partial charge is 0.342 e. The van der Waals surface area contributed by atoms with Crippen molar-refractivity contribution < 1.29 is 29.3 Å². The van der Waals surface area contributed by atoms with Crippen LogP contribution in [0.25, 0.3) is 0 Å². The van der Waals surface area contributed by atoms with Gasteiger partial charge in [0.05, 0.1) is 5.75 Å². The van der Waals surface area contributed by atoms with Crippen LogP contribution >= 0.6 is 11.8 Å². The van der Waals surface area contributed by atoms with E-state index in [0.717, 1.165) is 16.7 Å². The van der Waals surface area contributed by atoms with Gasteiger partial charge in [-0.2, -0.15) is 0 Å². The van der Waals surface area contributed by atoms with E-state index in [1.165, 1.54) is 6.20 Å². The van der Waals surface area contributed by atoms with Gasteiger partial charge in [0.25, 0.3) is 11.8 Å². The highest BCUT2D eigenvalue weighted by Gasteiger charge is 2.68. The second-order valence-electron chi connectivity index (χ2n) is 5.26. The zero-order chi connectivity index (χ0) is 17.3. The Labute approximate surface area is 141 Å². The summed E-state index contributed by atoms with van der Waals surface area (Å²) in [4.78, 5) is 37.1. The molecule has 0 radical (unpaired) electrons. The summed E-state index contributed by atoms with van der Waals surface area (Å²) in [5, 5.41) is 20.4. The fourth-order valence-corrected chi connectivity index (χ4v) is 3.77. The Kier molecular flexibility index (Phi) is 4.10. The van der Waals surface area contributed by atoms with E-state index in [1.807, 2.05) is 0 Å². The zero-order valence-corrected chi connectivity index (χ0v) is 13.2. The van der Waals surface area contributed by atoms with E-state index in [4.69, 9.17) is 4.74 Å². The predicted octanol–water partition coefficient (Wildman–Crippen LogP) is 0.320. The number of thioether (sulfide) groups is 1. The van der Waals surface area contributed by atoms with Crippen molar-refractivity contribution in [3.63, 3.8) is 0 Å². The van der Waals surface area contributed by atoms with Crippen LogP contribution in [0.1, 0.15) is 0 Å². The first-order chi connectivity index (χ1) is 11.4. The maximum Gasteiger partial charge on any atom is 0.342 e. The Morgan fingerprint density at radius 1 is 1.38 bits per heavy atom. The summed E-state index contributed by atoms with van der Waals surface area (Å²) in [6, 6.07) is 8.56. The first-order valence-electron chi connectivity index (χ1n) is 7.01. The predicted molar refractivity (Wildman–Crippen MR) is 84.3 cm³/mol. The third kappa shape index (κ3) is 2.56. The second-order valence-corrected chi connectivity index (χ2v) is 6.33. The summed E-state index contributed by atoms with van der Waals surface area (Å²) in [6.45, 7) is -0.412. The van der Waals surface area contributed by atoms with E-state index in [9.17, 15) is 24.6 Å². The number of nitrogens with zero attached hydrogens (tertiary/aromatic N) is 1. The monoisotopic (exact) mass is 350 g/mol. The standard InChI is InChI=1S/C15H14N2O6S/c18-9-6-17-12(20)15(14(21)22,13(17)24-8-9)16-11(19)7-23-10-4-2-1-3-5-10/h1-6,13,18H,7-8H2,(H,16,19)(H,21,22)/t13-,15?/m0/s1. The highest BCUT2D eigenvalue weighted by molar-refractivity contribution is 8.00. The van der Waals surface area contributed by atoms with Gasteiger partial charge in [-0.3, -0.25) is 14.5 Å². The SMILES string of the molecule is O=C(COc1ccccc1)NC1(C(=O)O)C(=O)N2C=C(O)CS[C@H]21. The van der Waals surface area contributed by atoms with Gasteiger partial charge < -0.3 is 20.3 Å². The highest BCUT2D eigenvalue weighted by Crippen LogP contribution is 2.42. The Bertz CT molecular complexity index is 722. The summed E-state index contributed by atoms with van der Waals surface area (Å²) in [6.07, 6.45) is 1.19. The molecule has 0 saturated carbocycles. The van der Waals surface area contributed by atoms with Crippen molar-refractivity contribution in [2.45, 2.75) is 10.9 Å². The van der Waals surface area contributed by atoms with Gasteiger partial charge in [-0.1, -0.05) is 18.2 Å². The molecule has 1 aromatic rings. The first-order valence-corrected chi connectivity index (χ1v) is 8.06. The van der Waals surface area contributed by atoms with Crippen LogP contribution in [0, 0.1) is 0 Å². The molecule has 1 unspecified atom stereocenters. The number of carbonyl (C=O) groups excluding carboxylic acids is 2. The number of carboxylic acids is 1. The molecule has 1 saturated heterocycles. The molecule has 3 rings (SSSR count).